The average molecular weight is 551 g/mol. The number of carbonyl (C=O) groups excluding carboxylic acids is 3. The molecule has 0 spiro atoms. The minimum absolute atomic E-state index is 0.00510. The SMILES string of the molecule is Cc1nc2c(c(C)c1O)CCC(=O)N2.Cc1nc2c(c(C)c1O)COC(=O)N2.O=C1CCc2cc(O)cnc2N1. The molecule has 210 valence electrons. The zero-order chi connectivity index (χ0) is 29.1. The number of aromatic hydroxyl groups is 3. The molecule has 0 radical (unpaired) electrons. The largest absolute Gasteiger partial charge is 0.506 e. The summed E-state index contributed by atoms with van der Waals surface area (Å²) >= 11 is 0. The number of ether oxygens (including phenoxy) is 1. The van der Waals surface area contributed by atoms with Gasteiger partial charge in [0.25, 0.3) is 0 Å². The summed E-state index contributed by atoms with van der Waals surface area (Å²) in [5.41, 5.74) is 5.17. The third kappa shape index (κ3) is 6.03. The molecule has 3 aromatic rings. The predicted octanol–water partition coefficient (Wildman–Crippen LogP) is 3.43. The summed E-state index contributed by atoms with van der Waals surface area (Å²) in [7, 11) is 0. The first-order valence-electron chi connectivity index (χ1n) is 12.5. The van der Waals surface area contributed by atoms with Crippen molar-refractivity contribution in [2.45, 2.75) is 60.0 Å². The summed E-state index contributed by atoms with van der Waals surface area (Å²) in [6, 6.07) is 1.63. The second-order valence-corrected chi connectivity index (χ2v) is 9.49. The van der Waals surface area contributed by atoms with Gasteiger partial charge in [-0.2, -0.15) is 0 Å². The zero-order valence-corrected chi connectivity index (χ0v) is 22.5. The minimum atomic E-state index is -0.505. The van der Waals surface area contributed by atoms with Gasteiger partial charge in [0, 0.05) is 29.5 Å². The number of cyclic esters (lactones) is 1. The summed E-state index contributed by atoms with van der Waals surface area (Å²) in [4.78, 5) is 45.0. The van der Waals surface area contributed by atoms with Crippen LogP contribution in [0.1, 0.15) is 52.0 Å². The highest BCUT2D eigenvalue weighted by Crippen LogP contribution is 2.32. The lowest BCUT2D eigenvalue weighted by Gasteiger charge is -2.19. The normalized spacial score (nSPS) is 14.8. The molecular weight excluding hydrogens is 520 g/mol. The molecule has 0 fully saturated rings. The number of nitrogens with zero attached hydrogens (tertiary/aromatic N) is 3. The van der Waals surface area contributed by atoms with E-state index in [1.54, 1.807) is 26.8 Å². The molecule has 6 N–H and O–H groups in total. The Hall–Kier alpha value is -4.94. The van der Waals surface area contributed by atoms with Crippen molar-refractivity contribution in [1.29, 1.82) is 0 Å². The number of aromatic nitrogens is 3. The number of fused-ring (bicyclic) bond motifs is 3. The van der Waals surface area contributed by atoms with Crippen molar-refractivity contribution in [2.75, 3.05) is 16.0 Å². The smallest absolute Gasteiger partial charge is 0.413 e. The first kappa shape index (κ1) is 28.1. The van der Waals surface area contributed by atoms with Gasteiger partial charge >= 0.3 is 6.09 Å². The van der Waals surface area contributed by atoms with Crippen LogP contribution in [0.3, 0.4) is 0 Å². The Morgan fingerprint density at radius 1 is 0.725 bits per heavy atom. The molecule has 13 nitrogen and oxygen atoms in total. The van der Waals surface area contributed by atoms with Crippen LogP contribution in [-0.4, -0.2) is 48.2 Å². The Kier molecular flexibility index (Phi) is 8.03. The second kappa shape index (κ2) is 11.4. The summed E-state index contributed by atoms with van der Waals surface area (Å²) in [6.07, 6.45) is 3.08. The minimum Gasteiger partial charge on any atom is -0.506 e. The molecule has 0 bridgehead atoms. The van der Waals surface area contributed by atoms with E-state index in [1.165, 1.54) is 6.20 Å². The molecule has 40 heavy (non-hydrogen) atoms. The van der Waals surface area contributed by atoms with Crippen LogP contribution in [-0.2, 0) is 33.8 Å². The third-order valence-corrected chi connectivity index (χ3v) is 6.69. The average Bonchev–Trinajstić information content (AvgIpc) is 2.91. The Morgan fingerprint density at radius 3 is 1.93 bits per heavy atom. The number of rotatable bonds is 0. The van der Waals surface area contributed by atoms with Crippen LogP contribution >= 0.6 is 0 Å². The van der Waals surface area contributed by atoms with Crippen molar-refractivity contribution in [3.8, 4) is 17.2 Å². The Labute approximate surface area is 229 Å². The molecule has 0 saturated heterocycles. The van der Waals surface area contributed by atoms with Crippen LogP contribution in [0.5, 0.6) is 17.2 Å². The van der Waals surface area contributed by atoms with Gasteiger partial charge in [-0.25, -0.2) is 19.7 Å². The molecule has 0 atom stereocenters. The van der Waals surface area contributed by atoms with E-state index in [2.05, 4.69) is 30.9 Å². The molecule has 0 aliphatic carbocycles. The lowest BCUT2D eigenvalue weighted by molar-refractivity contribution is -0.117. The van der Waals surface area contributed by atoms with E-state index in [9.17, 15) is 24.6 Å². The van der Waals surface area contributed by atoms with Gasteiger partial charge in [-0.1, -0.05) is 0 Å². The fraction of sp³-hybridized carbons (Fsp3) is 0.333. The molecule has 13 heteroatoms. The maximum absolute atomic E-state index is 11.1. The van der Waals surface area contributed by atoms with Gasteiger partial charge in [0.05, 0.1) is 17.6 Å². The first-order valence-corrected chi connectivity index (χ1v) is 12.5. The van der Waals surface area contributed by atoms with E-state index in [-0.39, 0.29) is 35.7 Å². The van der Waals surface area contributed by atoms with Gasteiger partial charge in [-0.15, -0.1) is 0 Å². The number of nitrogens with one attached hydrogen (secondary N) is 3. The Bertz CT molecular complexity index is 1440. The van der Waals surface area contributed by atoms with E-state index < -0.39 is 6.09 Å². The van der Waals surface area contributed by atoms with Crippen LogP contribution < -0.4 is 16.0 Å². The van der Waals surface area contributed by atoms with Crippen LogP contribution in [0.4, 0.5) is 22.2 Å². The van der Waals surface area contributed by atoms with Crippen molar-refractivity contribution < 1.29 is 34.4 Å². The molecule has 6 heterocycles. The molecule has 3 aromatic heterocycles. The summed E-state index contributed by atoms with van der Waals surface area (Å²) in [6.45, 7) is 7.19. The highest BCUT2D eigenvalue weighted by atomic mass is 16.5. The Morgan fingerprint density at radius 2 is 1.27 bits per heavy atom. The lowest BCUT2D eigenvalue weighted by Crippen LogP contribution is -2.22. The number of hydrogen-bond donors (Lipinski definition) is 6. The molecule has 3 aliphatic heterocycles. The molecule has 3 aliphatic rings. The molecule has 0 saturated carbocycles. The van der Waals surface area contributed by atoms with E-state index in [1.807, 2.05) is 6.92 Å². The number of amides is 3. The molecule has 3 amide bonds. The summed E-state index contributed by atoms with van der Waals surface area (Å²) in [5.74, 6) is 2.18. The maximum Gasteiger partial charge on any atom is 0.413 e. The third-order valence-electron chi connectivity index (χ3n) is 6.69. The highest BCUT2D eigenvalue weighted by Gasteiger charge is 2.22. The highest BCUT2D eigenvalue weighted by molar-refractivity contribution is 5.93. The van der Waals surface area contributed by atoms with E-state index in [0.29, 0.717) is 60.1 Å². The van der Waals surface area contributed by atoms with Crippen molar-refractivity contribution in [3.05, 3.63) is 51.5 Å². The zero-order valence-electron chi connectivity index (χ0n) is 22.5. The van der Waals surface area contributed by atoms with Crippen molar-refractivity contribution in [1.82, 2.24) is 15.0 Å². The number of anilines is 3. The fourth-order valence-electron chi connectivity index (χ4n) is 4.40. The molecule has 6 rings (SSSR count). The molecule has 0 unspecified atom stereocenters. The number of aryl methyl sites for hydroxylation is 3. The van der Waals surface area contributed by atoms with Gasteiger partial charge in [-0.3, -0.25) is 14.9 Å². The van der Waals surface area contributed by atoms with E-state index in [4.69, 9.17) is 9.84 Å². The van der Waals surface area contributed by atoms with Crippen LogP contribution in [0.15, 0.2) is 12.3 Å². The fourth-order valence-corrected chi connectivity index (χ4v) is 4.40. The maximum atomic E-state index is 11.1. The van der Waals surface area contributed by atoms with Crippen LogP contribution in [0.25, 0.3) is 0 Å². The van der Waals surface area contributed by atoms with E-state index >= 15 is 0 Å². The van der Waals surface area contributed by atoms with Gasteiger partial charge < -0.3 is 30.7 Å². The summed E-state index contributed by atoms with van der Waals surface area (Å²) < 4.78 is 4.78. The van der Waals surface area contributed by atoms with E-state index in [0.717, 1.165) is 22.3 Å². The van der Waals surface area contributed by atoms with Crippen LogP contribution in [0.2, 0.25) is 0 Å². The van der Waals surface area contributed by atoms with Crippen LogP contribution in [0, 0.1) is 27.7 Å². The van der Waals surface area contributed by atoms with Gasteiger partial charge in [0.15, 0.2) is 0 Å². The standard InChI is InChI=1S/C10H12N2O2.C9H10N2O3.C8H8N2O2/c1-5-7-3-4-8(13)12-10(7)11-6(2)9(5)14;1-4-6-3-14-9(13)11-8(6)10-5(2)7(4)12;11-6-3-5-1-2-7(12)10-8(5)9-4-6/h14H,3-4H2,1-2H3,(H,11,12,13);12H,3H2,1-2H3,(H,10,11,13);3-4,11H,1-2H2,(H,9,10,12). The monoisotopic (exact) mass is 550 g/mol. The quantitative estimate of drug-likeness (QED) is 0.241. The lowest BCUT2D eigenvalue weighted by atomic mass is 10.0. The number of hydrogen-bond acceptors (Lipinski definition) is 10. The van der Waals surface area contributed by atoms with Crippen molar-refractivity contribution in [3.63, 3.8) is 0 Å². The van der Waals surface area contributed by atoms with Gasteiger partial charge in [-0.05, 0) is 57.7 Å². The number of carbonyl (C=O) groups is 3. The van der Waals surface area contributed by atoms with Gasteiger partial charge in [0.2, 0.25) is 11.8 Å². The van der Waals surface area contributed by atoms with Crippen molar-refractivity contribution >= 4 is 35.4 Å². The van der Waals surface area contributed by atoms with Crippen molar-refractivity contribution in [2.24, 2.45) is 0 Å². The summed E-state index contributed by atoms with van der Waals surface area (Å²) in [5, 5.41) is 36.1. The molecule has 0 aromatic carbocycles. The second-order valence-electron chi connectivity index (χ2n) is 9.49. The Balaban J connectivity index is 0.000000139. The number of pyridine rings is 3. The topological polar surface area (TPSA) is 196 Å². The van der Waals surface area contributed by atoms with Gasteiger partial charge in [0.1, 0.15) is 41.3 Å². The molecular formula is C27H30N6O7. The first-order chi connectivity index (χ1) is 18.9. The predicted molar refractivity (Wildman–Crippen MR) is 144 cm³/mol.